The molecule has 0 amide bonds. The zero-order chi connectivity index (χ0) is 16.7. The number of pyridine rings is 1. The summed E-state index contributed by atoms with van der Waals surface area (Å²) in [4.78, 5) is 7.60. The molecule has 0 radical (unpaired) electrons. The Balaban J connectivity index is 1.68. The van der Waals surface area contributed by atoms with Crippen LogP contribution in [0.1, 0.15) is 12.0 Å². The second kappa shape index (κ2) is 5.94. The van der Waals surface area contributed by atoms with Crippen molar-refractivity contribution in [2.24, 2.45) is 0 Å². The molecule has 5 nitrogen and oxygen atoms in total. The first-order valence-electron chi connectivity index (χ1n) is 7.48. The molecule has 0 aliphatic carbocycles. The van der Waals surface area contributed by atoms with Gasteiger partial charge in [-0.25, -0.2) is 13.4 Å². The topological polar surface area (TPSA) is 53.5 Å². The van der Waals surface area contributed by atoms with Gasteiger partial charge in [0, 0.05) is 38.4 Å². The Morgan fingerprint density at radius 2 is 1.87 bits per heavy atom. The molecule has 3 rings (SSSR count). The van der Waals surface area contributed by atoms with Crippen molar-refractivity contribution in [1.29, 1.82) is 0 Å². The van der Waals surface area contributed by atoms with Crippen molar-refractivity contribution in [1.82, 2.24) is 9.88 Å². The smallest absolute Gasteiger partial charge is 0.354 e. The van der Waals surface area contributed by atoms with Gasteiger partial charge < -0.3 is 4.90 Å². The van der Waals surface area contributed by atoms with Crippen LogP contribution in [0.2, 0.25) is 0 Å². The molecule has 0 aromatic carbocycles. The Kier molecular flexibility index (Phi) is 4.26. The Hall–Kier alpha value is -1.35. The van der Waals surface area contributed by atoms with Gasteiger partial charge in [-0.15, -0.1) is 0 Å². The summed E-state index contributed by atoms with van der Waals surface area (Å²) in [6, 6.07) is 2.32. The maximum Gasteiger partial charge on any atom is 0.419 e. The second-order valence-corrected chi connectivity index (χ2v) is 8.18. The average Bonchev–Trinajstić information content (AvgIpc) is 2.87. The molecule has 0 N–H and O–H groups in total. The molecule has 0 spiro atoms. The Bertz CT molecular complexity index is 670. The van der Waals surface area contributed by atoms with E-state index in [-0.39, 0.29) is 23.4 Å². The minimum Gasteiger partial charge on any atom is -0.354 e. The van der Waals surface area contributed by atoms with Crippen molar-refractivity contribution in [2.75, 3.05) is 42.6 Å². The minimum atomic E-state index is -4.43. The summed E-state index contributed by atoms with van der Waals surface area (Å²) in [5.74, 6) is 0.319. The number of sulfone groups is 1. The van der Waals surface area contributed by atoms with E-state index >= 15 is 0 Å². The predicted octanol–water partition coefficient (Wildman–Crippen LogP) is 1.41. The van der Waals surface area contributed by atoms with Gasteiger partial charge in [0.15, 0.2) is 9.84 Å². The summed E-state index contributed by atoms with van der Waals surface area (Å²) in [5, 5.41) is 0. The largest absolute Gasteiger partial charge is 0.419 e. The summed E-state index contributed by atoms with van der Waals surface area (Å²) in [6.07, 6.45) is -2.46. The van der Waals surface area contributed by atoms with Gasteiger partial charge in [-0.2, -0.15) is 13.2 Å². The fraction of sp³-hybridized carbons (Fsp3) is 0.643. The minimum absolute atomic E-state index is 0.00651. The third-order valence-electron chi connectivity index (χ3n) is 4.43. The van der Waals surface area contributed by atoms with E-state index < -0.39 is 21.6 Å². The van der Waals surface area contributed by atoms with E-state index in [0.717, 1.165) is 6.07 Å². The summed E-state index contributed by atoms with van der Waals surface area (Å²) >= 11 is 0. The number of alkyl halides is 3. The molecule has 3 heterocycles. The average molecular weight is 349 g/mol. The van der Waals surface area contributed by atoms with Gasteiger partial charge in [0.1, 0.15) is 5.82 Å². The third kappa shape index (κ3) is 3.60. The summed E-state index contributed by atoms with van der Waals surface area (Å²) in [5.41, 5.74) is -0.725. The number of halogens is 3. The maximum atomic E-state index is 13.1. The Morgan fingerprint density at radius 3 is 2.43 bits per heavy atom. The number of nitrogens with zero attached hydrogens (tertiary/aromatic N) is 3. The number of rotatable bonds is 2. The molecule has 0 unspecified atom stereocenters. The van der Waals surface area contributed by atoms with Crippen LogP contribution >= 0.6 is 0 Å². The van der Waals surface area contributed by atoms with Crippen LogP contribution in [0.5, 0.6) is 0 Å². The van der Waals surface area contributed by atoms with E-state index in [1.54, 1.807) is 4.90 Å². The van der Waals surface area contributed by atoms with Crippen LogP contribution in [-0.4, -0.2) is 62.0 Å². The molecule has 2 aliphatic rings. The van der Waals surface area contributed by atoms with Gasteiger partial charge in [-0.05, 0) is 18.6 Å². The Morgan fingerprint density at radius 1 is 1.17 bits per heavy atom. The SMILES string of the molecule is O=S1(=O)CC[C@@H](N2CCN(c3ncccc3C(F)(F)F)CC2)C1. The normalized spacial score (nSPS) is 25.7. The van der Waals surface area contributed by atoms with Crippen LogP contribution in [0.25, 0.3) is 0 Å². The van der Waals surface area contributed by atoms with Crippen molar-refractivity contribution in [3.8, 4) is 0 Å². The Labute approximate surface area is 133 Å². The summed E-state index contributed by atoms with van der Waals surface area (Å²) in [7, 11) is -2.95. The molecule has 0 bridgehead atoms. The fourth-order valence-corrected chi connectivity index (χ4v) is 4.99. The monoisotopic (exact) mass is 349 g/mol. The van der Waals surface area contributed by atoms with Crippen LogP contribution in [-0.2, 0) is 16.0 Å². The number of aromatic nitrogens is 1. The zero-order valence-electron chi connectivity index (χ0n) is 12.5. The van der Waals surface area contributed by atoms with Gasteiger partial charge in [0.2, 0.25) is 0 Å². The molecule has 23 heavy (non-hydrogen) atoms. The van der Waals surface area contributed by atoms with Gasteiger partial charge in [-0.1, -0.05) is 0 Å². The molecule has 128 valence electrons. The summed E-state index contributed by atoms with van der Waals surface area (Å²) in [6.45, 7) is 1.93. The lowest BCUT2D eigenvalue weighted by atomic mass is 10.1. The van der Waals surface area contributed by atoms with E-state index in [4.69, 9.17) is 0 Å². The predicted molar refractivity (Wildman–Crippen MR) is 80.1 cm³/mol. The molecule has 1 atom stereocenters. The van der Waals surface area contributed by atoms with Crippen LogP contribution in [0.3, 0.4) is 0 Å². The second-order valence-electron chi connectivity index (χ2n) is 5.95. The molecule has 0 saturated carbocycles. The first-order chi connectivity index (χ1) is 10.8. The highest BCUT2D eigenvalue weighted by Crippen LogP contribution is 2.35. The van der Waals surface area contributed by atoms with Gasteiger partial charge in [0.05, 0.1) is 17.1 Å². The van der Waals surface area contributed by atoms with E-state index in [1.807, 2.05) is 0 Å². The van der Waals surface area contributed by atoms with E-state index in [2.05, 4.69) is 9.88 Å². The maximum absolute atomic E-state index is 13.1. The highest BCUT2D eigenvalue weighted by Gasteiger charge is 2.38. The first-order valence-corrected chi connectivity index (χ1v) is 9.30. The number of hydrogen-bond donors (Lipinski definition) is 0. The number of piperazine rings is 1. The van der Waals surface area contributed by atoms with Gasteiger partial charge in [-0.3, -0.25) is 4.90 Å². The van der Waals surface area contributed by atoms with E-state index in [0.29, 0.717) is 32.6 Å². The lowest BCUT2D eigenvalue weighted by molar-refractivity contribution is -0.137. The lowest BCUT2D eigenvalue weighted by Crippen LogP contribution is -2.51. The third-order valence-corrected chi connectivity index (χ3v) is 6.18. The van der Waals surface area contributed by atoms with Crippen LogP contribution < -0.4 is 4.90 Å². The molecule has 9 heteroatoms. The molecule has 2 aliphatic heterocycles. The van der Waals surface area contributed by atoms with Gasteiger partial charge in [0.25, 0.3) is 0 Å². The zero-order valence-corrected chi connectivity index (χ0v) is 13.3. The highest BCUT2D eigenvalue weighted by molar-refractivity contribution is 7.91. The van der Waals surface area contributed by atoms with E-state index in [9.17, 15) is 21.6 Å². The van der Waals surface area contributed by atoms with Crippen molar-refractivity contribution >= 4 is 15.7 Å². The standard InChI is InChI=1S/C14H18F3N3O2S/c15-14(16,17)12-2-1-4-18-13(12)20-7-5-19(6-8-20)11-3-9-23(21,22)10-11/h1-2,4,11H,3,5-10H2/t11-/m1/s1. The van der Waals surface area contributed by atoms with Crippen LogP contribution in [0.4, 0.5) is 19.0 Å². The van der Waals surface area contributed by atoms with Crippen molar-refractivity contribution in [2.45, 2.75) is 18.6 Å². The fourth-order valence-electron chi connectivity index (χ4n) is 3.23. The highest BCUT2D eigenvalue weighted by atomic mass is 32.2. The van der Waals surface area contributed by atoms with Crippen LogP contribution in [0, 0.1) is 0 Å². The van der Waals surface area contributed by atoms with Crippen molar-refractivity contribution in [3.05, 3.63) is 23.9 Å². The van der Waals surface area contributed by atoms with Crippen LogP contribution in [0.15, 0.2) is 18.3 Å². The quantitative estimate of drug-likeness (QED) is 0.808. The summed E-state index contributed by atoms with van der Waals surface area (Å²) < 4.78 is 62.3. The lowest BCUT2D eigenvalue weighted by Gasteiger charge is -2.38. The molecule has 1 aromatic heterocycles. The van der Waals surface area contributed by atoms with Crippen molar-refractivity contribution in [3.63, 3.8) is 0 Å². The first kappa shape index (κ1) is 16.5. The van der Waals surface area contributed by atoms with Gasteiger partial charge >= 0.3 is 6.18 Å². The van der Waals surface area contributed by atoms with Crippen molar-refractivity contribution < 1.29 is 21.6 Å². The number of hydrogen-bond acceptors (Lipinski definition) is 5. The molecular formula is C14H18F3N3O2S. The van der Waals surface area contributed by atoms with E-state index in [1.165, 1.54) is 12.3 Å². The molecule has 1 aromatic rings. The molecular weight excluding hydrogens is 331 g/mol. The number of anilines is 1. The molecule has 2 fully saturated rings. The molecule has 2 saturated heterocycles.